The van der Waals surface area contributed by atoms with Crippen molar-refractivity contribution in [1.82, 2.24) is 10.6 Å². The molecule has 0 aromatic rings. The lowest BCUT2D eigenvalue weighted by Gasteiger charge is -2.16. The predicted octanol–water partition coefficient (Wildman–Crippen LogP) is 0.0147. The summed E-state index contributed by atoms with van der Waals surface area (Å²) in [4.78, 5) is 31.6. The van der Waals surface area contributed by atoms with Gasteiger partial charge in [0.05, 0.1) is 0 Å². The second-order valence-corrected chi connectivity index (χ2v) is 2.03. The molecule has 5 heteroatoms. The van der Waals surface area contributed by atoms with Gasteiger partial charge in [-0.3, -0.25) is 20.2 Å². The lowest BCUT2D eigenvalue weighted by atomic mass is 10.1. The number of urea groups is 1. The third kappa shape index (κ3) is 2.34. The van der Waals surface area contributed by atoms with Crippen molar-refractivity contribution in [3.63, 3.8) is 0 Å². The van der Waals surface area contributed by atoms with Crippen molar-refractivity contribution in [2.75, 3.05) is 0 Å². The summed E-state index contributed by atoms with van der Waals surface area (Å²) < 4.78 is 0. The highest BCUT2D eigenvalue weighted by Gasteiger charge is 2.29. The monoisotopic (exact) mass is 172 g/mol. The first kappa shape index (κ1) is 10.6. The van der Waals surface area contributed by atoms with Crippen LogP contribution in [0.15, 0.2) is 0 Å². The van der Waals surface area contributed by atoms with E-state index in [1.165, 1.54) is 6.92 Å². The van der Waals surface area contributed by atoms with Crippen molar-refractivity contribution in [2.24, 2.45) is 5.92 Å². The van der Waals surface area contributed by atoms with Gasteiger partial charge in [0.15, 0.2) is 0 Å². The van der Waals surface area contributed by atoms with Crippen molar-refractivity contribution in [3.8, 4) is 0 Å². The van der Waals surface area contributed by atoms with Crippen molar-refractivity contribution in [2.45, 2.75) is 20.8 Å². The largest absolute Gasteiger partial charge is 0.328 e. The minimum atomic E-state index is -0.766. The Hall–Kier alpha value is -1.39. The summed E-state index contributed by atoms with van der Waals surface area (Å²) in [6.07, 6.45) is 0. The second-order valence-electron chi connectivity index (χ2n) is 2.03. The summed E-state index contributed by atoms with van der Waals surface area (Å²) in [7, 11) is 0. The highest BCUT2D eigenvalue weighted by molar-refractivity contribution is 6.15. The van der Waals surface area contributed by atoms with Gasteiger partial charge in [0.2, 0.25) is 11.8 Å². The Bertz CT molecular complexity index is 193. The van der Waals surface area contributed by atoms with Gasteiger partial charge < -0.3 is 0 Å². The molecule has 0 saturated carbocycles. The summed E-state index contributed by atoms with van der Waals surface area (Å²) in [6, 6.07) is -0.742. The smallest absolute Gasteiger partial charge is 0.277 e. The molecule has 12 heavy (non-hydrogen) atoms. The molecule has 5 nitrogen and oxygen atoms in total. The summed E-state index contributed by atoms with van der Waals surface area (Å²) in [6.45, 7) is 5.43. The van der Waals surface area contributed by atoms with Crippen LogP contribution in [0.25, 0.3) is 0 Å². The molecule has 1 aliphatic heterocycles. The zero-order chi connectivity index (χ0) is 9.72. The number of amides is 4. The first-order chi connectivity index (χ1) is 5.61. The van der Waals surface area contributed by atoms with Crippen LogP contribution < -0.4 is 10.6 Å². The number of barbiturate groups is 1. The summed E-state index contributed by atoms with van der Waals surface area (Å²) in [5.41, 5.74) is 0. The van der Waals surface area contributed by atoms with E-state index in [1.54, 1.807) is 0 Å². The van der Waals surface area contributed by atoms with E-state index in [0.29, 0.717) is 0 Å². The Morgan fingerprint density at radius 1 is 1.00 bits per heavy atom. The molecule has 0 bridgehead atoms. The van der Waals surface area contributed by atoms with Crippen LogP contribution in [-0.2, 0) is 9.59 Å². The van der Waals surface area contributed by atoms with E-state index in [4.69, 9.17) is 0 Å². The van der Waals surface area contributed by atoms with E-state index in [1.807, 2.05) is 24.5 Å². The van der Waals surface area contributed by atoms with Crippen LogP contribution in [0.2, 0.25) is 0 Å². The average Bonchev–Trinajstić information content (AvgIpc) is 2.04. The first-order valence-electron chi connectivity index (χ1n) is 3.77. The van der Waals surface area contributed by atoms with Crippen LogP contribution in [0.4, 0.5) is 4.79 Å². The van der Waals surface area contributed by atoms with Gasteiger partial charge >= 0.3 is 6.03 Å². The van der Waals surface area contributed by atoms with Crippen molar-refractivity contribution in [1.29, 1.82) is 0 Å². The van der Waals surface area contributed by atoms with E-state index < -0.39 is 23.8 Å². The molecule has 0 spiro atoms. The molecule has 2 N–H and O–H groups in total. The van der Waals surface area contributed by atoms with Gasteiger partial charge in [-0.25, -0.2) is 4.79 Å². The lowest BCUT2D eigenvalue weighted by molar-refractivity contribution is -0.134. The maximum atomic E-state index is 10.6. The fraction of sp³-hybridized carbons (Fsp3) is 0.571. The minimum Gasteiger partial charge on any atom is -0.277 e. The maximum Gasteiger partial charge on any atom is 0.328 e. The fourth-order valence-corrected chi connectivity index (χ4v) is 0.591. The maximum absolute atomic E-state index is 10.6. The minimum absolute atomic E-state index is 0.547. The molecule has 68 valence electrons. The molecular formula is C7H12N2O3. The van der Waals surface area contributed by atoms with Crippen LogP contribution in [0, 0.1) is 5.92 Å². The van der Waals surface area contributed by atoms with Crippen LogP contribution >= 0.6 is 0 Å². The molecule has 0 atom stereocenters. The Morgan fingerprint density at radius 3 is 1.67 bits per heavy atom. The highest BCUT2D eigenvalue weighted by atomic mass is 16.2. The molecule has 1 fully saturated rings. The molecule has 1 heterocycles. The third-order valence-electron chi connectivity index (χ3n) is 1.26. The number of hydrogen-bond donors (Lipinski definition) is 2. The van der Waals surface area contributed by atoms with Crippen LogP contribution in [0.3, 0.4) is 0 Å². The Morgan fingerprint density at radius 2 is 1.33 bits per heavy atom. The molecule has 1 rings (SSSR count). The van der Waals surface area contributed by atoms with Crippen LogP contribution in [0.5, 0.6) is 0 Å². The Kier molecular flexibility index (Phi) is 3.96. The number of hydrogen-bond acceptors (Lipinski definition) is 3. The summed E-state index contributed by atoms with van der Waals surface area (Å²) in [5.74, 6) is -1.86. The zero-order valence-electron chi connectivity index (χ0n) is 7.30. The van der Waals surface area contributed by atoms with Gasteiger partial charge in [0.1, 0.15) is 5.92 Å². The van der Waals surface area contributed by atoms with Crippen molar-refractivity contribution in [3.05, 3.63) is 0 Å². The molecular weight excluding hydrogens is 160 g/mol. The molecule has 0 aromatic heterocycles. The van der Waals surface area contributed by atoms with E-state index in [9.17, 15) is 14.4 Å². The Balaban J connectivity index is 0.000000561. The Labute approximate surface area is 70.5 Å². The normalized spacial score (nSPS) is 17.4. The van der Waals surface area contributed by atoms with E-state index in [0.717, 1.165) is 0 Å². The number of nitrogens with one attached hydrogen (secondary N) is 2. The number of carbonyl (C=O) groups is 3. The van der Waals surface area contributed by atoms with Crippen LogP contribution in [-0.4, -0.2) is 17.8 Å². The average molecular weight is 172 g/mol. The molecule has 0 aromatic carbocycles. The zero-order valence-corrected chi connectivity index (χ0v) is 7.30. The number of carbonyl (C=O) groups excluding carboxylic acids is 3. The van der Waals surface area contributed by atoms with Crippen molar-refractivity contribution < 1.29 is 14.4 Å². The van der Waals surface area contributed by atoms with Gasteiger partial charge in [-0.05, 0) is 6.92 Å². The fourth-order valence-electron chi connectivity index (χ4n) is 0.591. The van der Waals surface area contributed by atoms with Gasteiger partial charge in [-0.2, -0.15) is 0 Å². The van der Waals surface area contributed by atoms with E-state index >= 15 is 0 Å². The quantitative estimate of drug-likeness (QED) is 0.505. The van der Waals surface area contributed by atoms with E-state index in [2.05, 4.69) is 0 Å². The van der Waals surface area contributed by atoms with Crippen molar-refractivity contribution >= 4 is 17.8 Å². The third-order valence-corrected chi connectivity index (χ3v) is 1.26. The van der Waals surface area contributed by atoms with Gasteiger partial charge in [-0.1, -0.05) is 13.8 Å². The number of imide groups is 2. The van der Waals surface area contributed by atoms with E-state index in [-0.39, 0.29) is 0 Å². The lowest BCUT2D eigenvalue weighted by Crippen LogP contribution is -2.54. The SMILES string of the molecule is CC.CC1C(=O)NC(=O)NC1=O. The molecule has 4 amide bonds. The molecule has 0 unspecified atom stereocenters. The van der Waals surface area contributed by atoms with Gasteiger partial charge in [-0.15, -0.1) is 0 Å². The number of rotatable bonds is 0. The van der Waals surface area contributed by atoms with Crippen LogP contribution in [0.1, 0.15) is 20.8 Å². The highest BCUT2D eigenvalue weighted by Crippen LogP contribution is 1.98. The molecule has 0 radical (unpaired) electrons. The molecule has 1 saturated heterocycles. The first-order valence-corrected chi connectivity index (χ1v) is 3.77. The molecule has 1 aliphatic rings. The van der Waals surface area contributed by atoms with Gasteiger partial charge in [0, 0.05) is 0 Å². The molecule has 0 aliphatic carbocycles. The standard InChI is InChI=1S/C5H6N2O3.C2H6/c1-2-3(8)6-5(10)7-4(2)9;1-2/h2H,1H3,(H2,6,7,8,9,10);1-2H3. The topological polar surface area (TPSA) is 75.3 Å². The summed E-state index contributed by atoms with van der Waals surface area (Å²) >= 11 is 0. The predicted molar refractivity (Wildman–Crippen MR) is 42.2 cm³/mol. The van der Waals surface area contributed by atoms with Gasteiger partial charge in [0.25, 0.3) is 0 Å². The second kappa shape index (κ2) is 4.48. The summed E-state index contributed by atoms with van der Waals surface area (Å²) in [5, 5.41) is 3.90.